The molecule has 2 aromatic rings. The summed E-state index contributed by atoms with van der Waals surface area (Å²) in [6.45, 7) is 10.1. The number of imide groups is 1. The molecular weight excluding hydrogens is 388 g/mol. The maximum Gasteiger partial charge on any atom is 0.414 e. The molecule has 0 spiro atoms. The number of hydrogen-bond donors (Lipinski definition) is 2. The Labute approximate surface area is 186 Å². The van der Waals surface area contributed by atoms with E-state index in [4.69, 9.17) is 4.74 Å². The summed E-state index contributed by atoms with van der Waals surface area (Å²) in [7, 11) is 0. The first kappa shape index (κ1) is 24.6. The highest BCUT2D eigenvalue weighted by Crippen LogP contribution is 2.27. The Morgan fingerprint density at radius 2 is 1.42 bits per heavy atom. The van der Waals surface area contributed by atoms with Crippen molar-refractivity contribution in [3.05, 3.63) is 71.8 Å². The molecular formula is C26H36N2O3. The van der Waals surface area contributed by atoms with Crippen LogP contribution in [-0.4, -0.2) is 30.2 Å². The summed E-state index contributed by atoms with van der Waals surface area (Å²) in [5.74, 6) is 0.184. The number of alkyl carbamates (subject to hydrolysis) is 1. The first-order valence-electron chi connectivity index (χ1n) is 11.0. The predicted octanol–water partition coefficient (Wildman–Crippen LogP) is 5.26. The summed E-state index contributed by atoms with van der Waals surface area (Å²) in [6, 6.07) is 20.3. The van der Waals surface area contributed by atoms with Crippen molar-refractivity contribution in [1.29, 1.82) is 0 Å². The second-order valence-electron chi connectivity index (χ2n) is 9.29. The van der Waals surface area contributed by atoms with Crippen LogP contribution in [0.4, 0.5) is 4.79 Å². The van der Waals surface area contributed by atoms with E-state index in [9.17, 15) is 9.59 Å². The lowest BCUT2D eigenvalue weighted by Gasteiger charge is -2.24. The van der Waals surface area contributed by atoms with Crippen LogP contribution in [0.2, 0.25) is 0 Å². The van der Waals surface area contributed by atoms with Gasteiger partial charge in [-0.15, -0.1) is 0 Å². The van der Waals surface area contributed by atoms with Gasteiger partial charge in [0.25, 0.3) is 0 Å². The number of amides is 2. The molecule has 2 N–H and O–H groups in total. The molecule has 5 nitrogen and oxygen atoms in total. The minimum atomic E-state index is -0.709. The van der Waals surface area contributed by atoms with E-state index < -0.39 is 17.7 Å². The molecule has 5 heteroatoms. The first-order chi connectivity index (χ1) is 14.7. The Hall–Kier alpha value is -2.66. The molecule has 0 saturated carbocycles. The van der Waals surface area contributed by atoms with E-state index in [2.05, 4.69) is 73.0 Å². The molecule has 2 amide bonds. The zero-order valence-corrected chi connectivity index (χ0v) is 19.4. The van der Waals surface area contributed by atoms with Gasteiger partial charge in [0.2, 0.25) is 5.91 Å². The van der Waals surface area contributed by atoms with Gasteiger partial charge in [0.15, 0.2) is 0 Å². The Morgan fingerprint density at radius 1 is 0.903 bits per heavy atom. The van der Waals surface area contributed by atoms with Crippen molar-refractivity contribution in [2.24, 2.45) is 5.92 Å². The van der Waals surface area contributed by atoms with E-state index in [1.165, 1.54) is 11.1 Å². The quantitative estimate of drug-likeness (QED) is 0.576. The summed E-state index contributed by atoms with van der Waals surface area (Å²) in [4.78, 5) is 24.7. The summed E-state index contributed by atoms with van der Waals surface area (Å²) in [6.07, 6.45) is 0.762. The van der Waals surface area contributed by atoms with Crippen LogP contribution in [0.5, 0.6) is 0 Å². The van der Waals surface area contributed by atoms with Gasteiger partial charge in [-0.2, -0.15) is 0 Å². The monoisotopic (exact) mass is 424 g/mol. The Kier molecular flexibility index (Phi) is 9.25. The molecule has 0 aliphatic carbocycles. The average Bonchev–Trinajstić information content (AvgIpc) is 2.70. The van der Waals surface area contributed by atoms with E-state index in [0.717, 1.165) is 6.42 Å². The lowest BCUT2D eigenvalue weighted by atomic mass is 9.88. The normalized spacial score (nSPS) is 12.6. The number of benzene rings is 2. The second kappa shape index (κ2) is 11.7. The average molecular weight is 425 g/mol. The molecule has 0 unspecified atom stereocenters. The number of hydrogen-bond acceptors (Lipinski definition) is 4. The molecule has 1 atom stereocenters. The van der Waals surface area contributed by atoms with Gasteiger partial charge in [0.1, 0.15) is 5.60 Å². The predicted molar refractivity (Wildman–Crippen MR) is 125 cm³/mol. The van der Waals surface area contributed by atoms with Crippen molar-refractivity contribution in [2.75, 3.05) is 6.54 Å². The third kappa shape index (κ3) is 8.93. The summed E-state index contributed by atoms with van der Waals surface area (Å²) < 4.78 is 5.22. The fourth-order valence-corrected chi connectivity index (χ4v) is 3.54. The molecule has 0 aromatic heterocycles. The lowest BCUT2D eigenvalue weighted by Crippen LogP contribution is -2.48. The fourth-order valence-electron chi connectivity index (χ4n) is 3.54. The van der Waals surface area contributed by atoms with Gasteiger partial charge in [-0.3, -0.25) is 10.1 Å². The van der Waals surface area contributed by atoms with Crippen LogP contribution < -0.4 is 10.6 Å². The first-order valence-corrected chi connectivity index (χ1v) is 11.0. The molecule has 31 heavy (non-hydrogen) atoms. The molecule has 168 valence electrons. The molecule has 0 radical (unpaired) electrons. The number of carbonyl (C=O) groups is 2. The highest BCUT2D eigenvalue weighted by molar-refractivity contribution is 5.94. The van der Waals surface area contributed by atoms with E-state index >= 15 is 0 Å². The summed E-state index contributed by atoms with van der Waals surface area (Å²) >= 11 is 0. The molecule has 2 rings (SSSR count). The maximum absolute atomic E-state index is 12.7. The number of rotatable bonds is 9. The minimum Gasteiger partial charge on any atom is -0.444 e. The van der Waals surface area contributed by atoms with Crippen LogP contribution in [0.3, 0.4) is 0 Å². The van der Waals surface area contributed by atoms with Crippen LogP contribution in [-0.2, 0) is 9.53 Å². The third-order valence-corrected chi connectivity index (χ3v) is 4.88. The largest absolute Gasteiger partial charge is 0.444 e. The molecule has 0 bridgehead atoms. The highest BCUT2D eigenvalue weighted by Gasteiger charge is 2.25. The molecule has 0 saturated heterocycles. The second-order valence-corrected chi connectivity index (χ2v) is 9.29. The highest BCUT2D eigenvalue weighted by atomic mass is 16.6. The van der Waals surface area contributed by atoms with Crippen molar-refractivity contribution in [2.45, 2.75) is 65.0 Å². The van der Waals surface area contributed by atoms with Crippen LogP contribution in [0.15, 0.2) is 60.7 Å². The summed E-state index contributed by atoms with van der Waals surface area (Å²) in [5, 5.41) is 5.75. The fraction of sp³-hybridized carbons (Fsp3) is 0.462. The molecule has 2 aromatic carbocycles. The zero-order valence-electron chi connectivity index (χ0n) is 19.4. The van der Waals surface area contributed by atoms with Gasteiger partial charge in [0, 0.05) is 5.92 Å². The lowest BCUT2D eigenvalue weighted by molar-refractivity contribution is -0.123. The van der Waals surface area contributed by atoms with Crippen LogP contribution in [0.25, 0.3) is 0 Å². The van der Waals surface area contributed by atoms with Gasteiger partial charge in [-0.05, 0) is 57.2 Å². The van der Waals surface area contributed by atoms with Crippen LogP contribution >= 0.6 is 0 Å². The van der Waals surface area contributed by atoms with E-state index in [-0.39, 0.29) is 11.8 Å². The van der Waals surface area contributed by atoms with Crippen molar-refractivity contribution in [3.63, 3.8) is 0 Å². The van der Waals surface area contributed by atoms with Gasteiger partial charge in [0.05, 0.1) is 6.04 Å². The number of carbonyl (C=O) groups excluding carboxylic acids is 2. The third-order valence-electron chi connectivity index (χ3n) is 4.88. The SMILES string of the molecule is CC(C)C[C@H](NCCC(c1ccccc1)c1ccccc1)C(=O)NC(=O)OC(C)(C)C. The zero-order chi connectivity index (χ0) is 22.9. The standard InChI is InChI=1S/C26H36N2O3/c1-19(2)18-23(24(29)28-25(30)31-26(3,4)5)27-17-16-22(20-12-8-6-9-13-20)21-14-10-7-11-15-21/h6-15,19,22-23,27H,16-18H2,1-5H3,(H,28,29,30)/t23-/m0/s1. The van der Waals surface area contributed by atoms with Crippen LogP contribution in [0.1, 0.15) is 64.5 Å². The van der Waals surface area contributed by atoms with Gasteiger partial charge in [-0.25, -0.2) is 4.79 Å². The molecule has 0 fully saturated rings. The minimum absolute atomic E-state index is 0.225. The van der Waals surface area contributed by atoms with Crippen molar-refractivity contribution < 1.29 is 14.3 Å². The van der Waals surface area contributed by atoms with Gasteiger partial charge >= 0.3 is 6.09 Å². The Bertz CT molecular complexity index is 774. The van der Waals surface area contributed by atoms with Gasteiger partial charge < -0.3 is 10.1 Å². The maximum atomic E-state index is 12.7. The van der Waals surface area contributed by atoms with Crippen molar-refractivity contribution >= 4 is 12.0 Å². The van der Waals surface area contributed by atoms with Crippen LogP contribution in [0, 0.1) is 5.92 Å². The van der Waals surface area contributed by atoms with Crippen molar-refractivity contribution in [3.8, 4) is 0 Å². The molecule has 0 aliphatic heterocycles. The Balaban J connectivity index is 2.04. The van der Waals surface area contributed by atoms with Gasteiger partial charge in [-0.1, -0.05) is 74.5 Å². The summed E-state index contributed by atoms with van der Waals surface area (Å²) in [5.41, 5.74) is 1.84. The van der Waals surface area contributed by atoms with E-state index in [1.807, 2.05) is 12.1 Å². The number of nitrogens with one attached hydrogen (secondary N) is 2. The van der Waals surface area contributed by atoms with Crippen molar-refractivity contribution in [1.82, 2.24) is 10.6 Å². The Morgan fingerprint density at radius 3 is 1.87 bits per heavy atom. The van der Waals surface area contributed by atoms with E-state index in [1.54, 1.807) is 20.8 Å². The molecule has 0 heterocycles. The molecule has 0 aliphatic rings. The smallest absolute Gasteiger partial charge is 0.414 e. The topological polar surface area (TPSA) is 67.4 Å². The number of ether oxygens (including phenoxy) is 1. The van der Waals surface area contributed by atoms with E-state index in [0.29, 0.717) is 18.9 Å².